The number of hydrogen-bond acceptors (Lipinski definition) is 5. The zero-order chi connectivity index (χ0) is 20.7. The predicted molar refractivity (Wildman–Crippen MR) is 126 cm³/mol. The van der Waals surface area contributed by atoms with Gasteiger partial charge in [-0.25, -0.2) is 4.98 Å². The third-order valence-electron chi connectivity index (χ3n) is 6.47. The van der Waals surface area contributed by atoms with Crippen molar-refractivity contribution in [1.82, 2.24) is 14.5 Å². The van der Waals surface area contributed by atoms with E-state index >= 15 is 0 Å². The van der Waals surface area contributed by atoms with Gasteiger partial charge in [0.25, 0.3) is 0 Å². The Bertz CT molecular complexity index is 1030. The first-order valence-electron chi connectivity index (χ1n) is 10.7. The van der Waals surface area contributed by atoms with Crippen molar-refractivity contribution in [2.45, 2.75) is 63.2 Å². The van der Waals surface area contributed by atoms with Crippen LogP contribution in [0, 0.1) is 13.8 Å². The van der Waals surface area contributed by atoms with Crippen molar-refractivity contribution in [3.63, 3.8) is 0 Å². The molecule has 0 aromatic carbocycles. The average molecular weight is 458 g/mol. The van der Waals surface area contributed by atoms with Gasteiger partial charge in [-0.05, 0) is 61.6 Å². The molecule has 2 aliphatic rings. The number of aromatic nitrogens is 2. The number of hydrogen-bond donors (Lipinski definition) is 0. The lowest BCUT2D eigenvalue weighted by Crippen LogP contribution is -2.40. The molecular weight excluding hydrogens is 430 g/mol. The Morgan fingerprint density at radius 3 is 2.80 bits per heavy atom. The maximum Gasteiger partial charge on any atom is 0.233 e. The molecule has 0 bridgehead atoms. The highest BCUT2D eigenvalue weighted by Gasteiger charge is 2.33. The summed E-state index contributed by atoms with van der Waals surface area (Å²) in [7, 11) is 0. The van der Waals surface area contributed by atoms with Crippen molar-refractivity contribution < 1.29 is 4.79 Å². The quantitative estimate of drug-likeness (QED) is 0.441. The predicted octanol–water partition coefficient (Wildman–Crippen LogP) is 6.00. The van der Waals surface area contributed by atoms with Crippen LogP contribution >= 0.6 is 34.4 Å². The molecule has 1 aliphatic heterocycles. The molecule has 30 heavy (non-hydrogen) atoms. The van der Waals surface area contributed by atoms with Crippen LogP contribution in [0.25, 0.3) is 0 Å². The summed E-state index contributed by atoms with van der Waals surface area (Å²) in [5.74, 6) is 0.663. The molecule has 4 heterocycles. The van der Waals surface area contributed by atoms with Crippen LogP contribution in [0.5, 0.6) is 0 Å². The van der Waals surface area contributed by atoms with E-state index in [1.807, 2.05) is 11.3 Å². The first kappa shape index (κ1) is 20.3. The minimum Gasteiger partial charge on any atom is -0.330 e. The number of fused-ring (bicyclic) bond motifs is 1. The van der Waals surface area contributed by atoms with Gasteiger partial charge in [0.1, 0.15) is 0 Å². The number of carbonyl (C=O) groups excluding carboxylic acids is 1. The van der Waals surface area contributed by atoms with Gasteiger partial charge >= 0.3 is 0 Å². The van der Waals surface area contributed by atoms with E-state index in [0.717, 1.165) is 23.8 Å². The molecule has 1 saturated carbocycles. The Kier molecular flexibility index (Phi) is 5.77. The second-order valence-electron chi connectivity index (χ2n) is 8.22. The molecule has 1 atom stereocenters. The lowest BCUT2D eigenvalue weighted by molar-refractivity contribution is -0.130. The van der Waals surface area contributed by atoms with Gasteiger partial charge in [-0.3, -0.25) is 4.79 Å². The van der Waals surface area contributed by atoms with Crippen LogP contribution in [0.15, 0.2) is 34.1 Å². The van der Waals surface area contributed by atoms with Gasteiger partial charge in [0, 0.05) is 28.0 Å². The van der Waals surface area contributed by atoms with Gasteiger partial charge in [0.05, 0.1) is 17.5 Å². The highest BCUT2D eigenvalue weighted by molar-refractivity contribution is 7.99. The minimum atomic E-state index is 0.0612. The van der Waals surface area contributed by atoms with E-state index < -0.39 is 0 Å². The Balaban J connectivity index is 1.36. The number of aryl methyl sites for hydroxylation is 1. The van der Waals surface area contributed by atoms with E-state index in [2.05, 4.69) is 52.3 Å². The molecule has 158 valence electrons. The number of thiophene rings is 2. The van der Waals surface area contributed by atoms with Gasteiger partial charge in [-0.1, -0.05) is 30.7 Å². The molecule has 4 nitrogen and oxygen atoms in total. The molecule has 1 aliphatic carbocycles. The maximum atomic E-state index is 13.4. The molecule has 3 aromatic heterocycles. The Labute approximate surface area is 190 Å². The van der Waals surface area contributed by atoms with Crippen molar-refractivity contribution in [2.75, 3.05) is 12.3 Å². The number of rotatable bonds is 5. The SMILES string of the molecule is Cc1nc(SCC(=O)N2CCc3sccc3C2c2cccs2)n(C2CCCC2)c1C. The minimum absolute atomic E-state index is 0.0612. The van der Waals surface area contributed by atoms with Gasteiger partial charge in [0.15, 0.2) is 5.16 Å². The van der Waals surface area contributed by atoms with E-state index in [9.17, 15) is 4.79 Å². The zero-order valence-corrected chi connectivity index (χ0v) is 19.9. The summed E-state index contributed by atoms with van der Waals surface area (Å²) in [4.78, 5) is 23.0. The molecule has 1 unspecified atom stereocenters. The Hall–Kier alpha value is -1.57. The summed E-state index contributed by atoms with van der Waals surface area (Å²) in [6.45, 7) is 5.05. The summed E-state index contributed by atoms with van der Waals surface area (Å²) in [6.07, 6.45) is 6.00. The van der Waals surface area contributed by atoms with E-state index in [0.29, 0.717) is 11.8 Å². The van der Waals surface area contributed by atoms with Crippen molar-refractivity contribution in [1.29, 1.82) is 0 Å². The zero-order valence-electron chi connectivity index (χ0n) is 17.5. The van der Waals surface area contributed by atoms with Crippen molar-refractivity contribution >= 4 is 40.3 Å². The van der Waals surface area contributed by atoms with Crippen LogP contribution < -0.4 is 0 Å². The topological polar surface area (TPSA) is 38.1 Å². The lowest BCUT2D eigenvalue weighted by Gasteiger charge is -2.35. The first-order valence-corrected chi connectivity index (χ1v) is 13.5. The summed E-state index contributed by atoms with van der Waals surface area (Å²) in [6, 6.07) is 7.06. The molecule has 5 rings (SSSR count). The highest BCUT2D eigenvalue weighted by atomic mass is 32.2. The third-order valence-corrected chi connectivity index (χ3v) is 9.33. The van der Waals surface area contributed by atoms with Crippen LogP contribution in [-0.2, 0) is 11.2 Å². The molecule has 0 radical (unpaired) electrons. The largest absolute Gasteiger partial charge is 0.330 e. The van der Waals surface area contributed by atoms with Crippen molar-refractivity contribution in [3.8, 4) is 0 Å². The molecule has 7 heteroatoms. The van der Waals surface area contributed by atoms with Crippen LogP contribution in [-0.4, -0.2) is 32.7 Å². The first-order chi connectivity index (χ1) is 14.6. The number of nitrogens with zero attached hydrogens (tertiary/aromatic N) is 3. The second kappa shape index (κ2) is 8.52. The molecule has 0 N–H and O–H groups in total. The van der Waals surface area contributed by atoms with E-state index in [-0.39, 0.29) is 11.9 Å². The van der Waals surface area contributed by atoms with Gasteiger partial charge < -0.3 is 9.47 Å². The standard InChI is InChI=1S/C23H27N3OS3/c1-15-16(2)26(17-6-3-4-7-17)23(24-15)30-14-21(27)25-11-9-19-18(10-13-29-19)22(25)20-8-5-12-28-20/h5,8,10,12-13,17,22H,3-4,6-7,9,11,14H2,1-2H3. The maximum absolute atomic E-state index is 13.4. The second-order valence-corrected chi connectivity index (χ2v) is 11.1. The number of thioether (sulfide) groups is 1. The number of carbonyl (C=O) groups is 1. The van der Waals surface area contributed by atoms with E-state index in [1.54, 1.807) is 23.1 Å². The van der Waals surface area contributed by atoms with Crippen LogP contribution in [0.4, 0.5) is 0 Å². The van der Waals surface area contributed by atoms with Crippen LogP contribution in [0.1, 0.15) is 64.5 Å². The summed E-state index contributed by atoms with van der Waals surface area (Å²) in [5.41, 5.74) is 3.66. The average Bonchev–Trinajstić information content (AvgIpc) is 3.53. The Morgan fingerprint density at radius 1 is 1.20 bits per heavy atom. The normalized spacial score (nSPS) is 19.4. The molecule has 1 fully saturated rings. The van der Waals surface area contributed by atoms with Gasteiger partial charge in [-0.15, -0.1) is 22.7 Å². The molecular formula is C23H27N3OS3. The Morgan fingerprint density at radius 2 is 2.03 bits per heavy atom. The van der Waals surface area contributed by atoms with Crippen molar-refractivity contribution in [2.24, 2.45) is 0 Å². The summed E-state index contributed by atoms with van der Waals surface area (Å²) in [5, 5.41) is 5.29. The molecule has 3 aromatic rings. The summed E-state index contributed by atoms with van der Waals surface area (Å²) < 4.78 is 2.41. The monoisotopic (exact) mass is 457 g/mol. The number of imidazole rings is 1. The molecule has 1 amide bonds. The summed E-state index contributed by atoms with van der Waals surface area (Å²) >= 11 is 5.18. The van der Waals surface area contributed by atoms with Gasteiger partial charge in [-0.2, -0.15) is 0 Å². The van der Waals surface area contributed by atoms with Crippen molar-refractivity contribution in [3.05, 3.63) is 55.7 Å². The smallest absolute Gasteiger partial charge is 0.233 e. The highest BCUT2D eigenvalue weighted by Crippen LogP contribution is 2.40. The molecule has 0 saturated heterocycles. The van der Waals surface area contributed by atoms with Crippen LogP contribution in [0.3, 0.4) is 0 Å². The fourth-order valence-electron chi connectivity index (χ4n) is 4.84. The van der Waals surface area contributed by atoms with E-state index in [1.165, 1.54) is 46.7 Å². The fraction of sp³-hybridized carbons (Fsp3) is 0.478. The van der Waals surface area contributed by atoms with E-state index in [4.69, 9.17) is 4.98 Å². The van der Waals surface area contributed by atoms with Crippen LogP contribution in [0.2, 0.25) is 0 Å². The van der Waals surface area contributed by atoms with Gasteiger partial charge in [0.2, 0.25) is 5.91 Å². The third kappa shape index (κ3) is 3.65. The fourth-order valence-corrected chi connectivity index (χ4v) is 7.64. The molecule has 0 spiro atoms. The number of amides is 1. The lowest BCUT2D eigenvalue weighted by atomic mass is 9.98.